The van der Waals surface area contributed by atoms with Crippen LogP contribution in [0.15, 0.2) is 29.6 Å². The first-order chi connectivity index (χ1) is 8.67. The standard InChI is InChI=1S/C14H16FNOS/c1-9-4-5-10(8-11(9)15)13(16-2)14-12(17-3)6-7-18-14/h4-8,13,16H,1-3H3. The summed E-state index contributed by atoms with van der Waals surface area (Å²) in [4.78, 5) is 1.06. The Balaban J connectivity index is 2.42. The molecule has 0 saturated heterocycles. The summed E-state index contributed by atoms with van der Waals surface area (Å²) in [5.74, 6) is 0.656. The zero-order valence-corrected chi connectivity index (χ0v) is 11.5. The van der Waals surface area contributed by atoms with E-state index in [0.29, 0.717) is 5.56 Å². The highest BCUT2D eigenvalue weighted by Crippen LogP contribution is 2.34. The highest BCUT2D eigenvalue weighted by atomic mass is 32.1. The Morgan fingerprint density at radius 3 is 2.72 bits per heavy atom. The predicted molar refractivity (Wildman–Crippen MR) is 72.9 cm³/mol. The molecule has 2 aromatic rings. The smallest absolute Gasteiger partial charge is 0.134 e. The molecule has 1 N–H and O–H groups in total. The molecule has 1 aromatic carbocycles. The van der Waals surface area contributed by atoms with Crippen LogP contribution in [-0.4, -0.2) is 14.2 Å². The van der Waals surface area contributed by atoms with Gasteiger partial charge in [0.1, 0.15) is 11.6 Å². The highest BCUT2D eigenvalue weighted by molar-refractivity contribution is 7.10. The van der Waals surface area contributed by atoms with Gasteiger partial charge in [0.2, 0.25) is 0 Å². The second-order valence-corrected chi connectivity index (χ2v) is 5.03. The molecular formula is C14H16FNOS. The van der Waals surface area contributed by atoms with Crippen molar-refractivity contribution in [3.63, 3.8) is 0 Å². The molecule has 0 radical (unpaired) electrons. The van der Waals surface area contributed by atoms with Crippen LogP contribution in [0.1, 0.15) is 22.0 Å². The molecule has 0 bridgehead atoms. The number of hydrogen-bond acceptors (Lipinski definition) is 3. The van der Waals surface area contributed by atoms with Gasteiger partial charge in [-0.3, -0.25) is 0 Å². The van der Waals surface area contributed by atoms with E-state index in [0.717, 1.165) is 16.2 Å². The lowest BCUT2D eigenvalue weighted by Gasteiger charge is -2.17. The minimum Gasteiger partial charge on any atom is -0.496 e. The number of nitrogens with one attached hydrogen (secondary N) is 1. The van der Waals surface area contributed by atoms with Gasteiger partial charge in [-0.05, 0) is 42.6 Å². The summed E-state index contributed by atoms with van der Waals surface area (Å²) < 4.78 is 19.0. The van der Waals surface area contributed by atoms with Gasteiger partial charge in [-0.25, -0.2) is 4.39 Å². The van der Waals surface area contributed by atoms with E-state index in [1.807, 2.05) is 24.6 Å². The van der Waals surface area contributed by atoms with Crippen LogP contribution in [0.3, 0.4) is 0 Å². The van der Waals surface area contributed by atoms with Gasteiger partial charge in [-0.15, -0.1) is 11.3 Å². The lowest BCUT2D eigenvalue weighted by Crippen LogP contribution is -2.17. The number of rotatable bonds is 4. The summed E-state index contributed by atoms with van der Waals surface area (Å²) in [6.45, 7) is 1.76. The third-order valence-corrected chi connectivity index (χ3v) is 3.92. The molecule has 0 saturated carbocycles. The zero-order valence-electron chi connectivity index (χ0n) is 10.7. The van der Waals surface area contributed by atoms with Gasteiger partial charge < -0.3 is 10.1 Å². The van der Waals surface area contributed by atoms with Crippen LogP contribution in [0, 0.1) is 12.7 Å². The number of benzene rings is 1. The Labute approximate surface area is 110 Å². The van der Waals surface area contributed by atoms with E-state index >= 15 is 0 Å². The van der Waals surface area contributed by atoms with Crippen molar-refractivity contribution < 1.29 is 9.13 Å². The van der Waals surface area contributed by atoms with Crippen molar-refractivity contribution in [3.8, 4) is 5.75 Å². The fourth-order valence-electron chi connectivity index (χ4n) is 1.93. The Morgan fingerprint density at radius 1 is 1.33 bits per heavy atom. The maximum absolute atomic E-state index is 13.6. The van der Waals surface area contributed by atoms with Crippen LogP contribution >= 0.6 is 11.3 Å². The van der Waals surface area contributed by atoms with E-state index in [4.69, 9.17) is 4.74 Å². The average molecular weight is 265 g/mol. The second kappa shape index (κ2) is 5.50. The van der Waals surface area contributed by atoms with Crippen molar-refractivity contribution in [2.75, 3.05) is 14.2 Å². The minimum atomic E-state index is -0.178. The third-order valence-electron chi connectivity index (χ3n) is 2.96. The van der Waals surface area contributed by atoms with Crippen molar-refractivity contribution >= 4 is 11.3 Å². The Kier molecular flexibility index (Phi) is 3.99. The number of thiophene rings is 1. The molecule has 0 aliphatic rings. The number of methoxy groups -OCH3 is 1. The minimum absolute atomic E-state index is 0.0463. The van der Waals surface area contributed by atoms with E-state index in [2.05, 4.69) is 5.32 Å². The molecule has 1 atom stereocenters. The van der Waals surface area contributed by atoms with Gasteiger partial charge in [-0.2, -0.15) is 0 Å². The molecule has 2 rings (SSSR count). The molecule has 0 aliphatic carbocycles. The van der Waals surface area contributed by atoms with E-state index in [-0.39, 0.29) is 11.9 Å². The molecule has 0 amide bonds. The maximum Gasteiger partial charge on any atom is 0.134 e. The fraction of sp³-hybridized carbons (Fsp3) is 0.286. The van der Waals surface area contributed by atoms with E-state index in [1.165, 1.54) is 0 Å². The van der Waals surface area contributed by atoms with Crippen molar-refractivity contribution in [1.29, 1.82) is 0 Å². The van der Waals surface area contributed by atoms with Gasteiger partial charge in [0.25, 0.3) is 0 Å². The summed E-state index contributed by atoms with van der Waals surface area (Å²) in [5.41, 5.74) is 1.56. The van der Waals surface area contributed by atoms with E-state index in [9.17, 15) is 4.39 Å². The topological polar surface area (TPSA) is 21.3 Å². The molecular weight excluding hydrogens is 249 g/mol. The molecule has 4 heteroatoms. The molecule has 1 aromatic heterocycles. The molecule has 2 nitrogen and oxygen atoms in total. The molecule has 0 aliphatic heterocycles. The maximum atomic E-state index is 13.6. The van der Waals surface area contributed by atoms with Crippen LogP contribution < -0.4 is 10.1 Å². The first-order valence-corrected chi connectivity index (χ1v) is 6.60. The second-order valence-electron chi connectivity index (χ2n) is 4.08. The Morgan fingerprint density at radius 2 is 2.11 bits per heavy atom. The first-order valence-electron chi connectivity index (χ1n) is 5.72. The lowest BCUT2D eigenvalue weighted by molar-refractivity contribution is 0.408. The van der Waals surface area contributed by atoms with E-state index in [1.54, 1.807) is 37.5 Å². The van der Waals surface area contributed by atoms with Crippen LogP contribution in [0.5, 0.6) is 5.75 Å². The summed E-state index contributed by atoms with van der Waals surface area (Å²) in [6.07, 6.45) is 0. The van der Waals surface area contributed by atoms with Gasteiger partial charge in [0.15, 0.2) is 0 Å². The van der Waals surface area contributed by atoms with Crippen LogP contribution in [0.4, 0.5) is 4.39 Å². The van der Waals surface area contributed by atoms with Crippen LogP contribution in [0.25, 0.3) is 0 Å². The average Bonchev–Trinajstić information content (AvgIpc) is 2.83. The van der Waals surface area contributed by atoms with Gasteiger partial charge in [0.05, 0.1) is 18.0 Å². The van der Waals surface area contributed by atoms with Gasteiger partial charge in [-0.1, -0.05) is 12.1 Å². The Hall–Kier alpha value is -1.39. The number of aryl methyl sites for hydroxylation is 1. The lowest BCUT2D eigenvalue weighted by atomic mass is 10.0. The largest absolute Gasteiger partial charge is 0.496 e. The molecule has 0 spiro atoms. The predicted octanol–water partition coefficient (Wildman–Crippen LogP) is 3.51. The van der Waals surface area contributed by atoms with Crippen molar-refractivity contribution in [3.05, 3.63) is 51.5 Å². The summed E-state index contributed by atoms with van der Waals surface area (Å²) >= 11 is 1.60. The summed E-state index contributed by atoms with van der Waals surface area (Å²) in [6, 6.07) is 7.20. The normalized spacial score (nSPS) is 12.4. The molecule has 0 fully saturated rings. The molecule has 18 heavy (non-hydrogen) atoms. The molecule has 96 valence electrons. The SMILES string of the molecule is CNC(c1ccc(C)c(F)c1)c1sccc1OC. The first kappa shape index (κ1) is 13.1. The van der Waals surface area contributed by atoms with Crippen LogP contribution in [0.2, 0.25) is 0 Å². The summed E-state index contributed by atoms with van der Waals surface area (Å²) in [5, 5.41) is 5.18. The fourth-order valence-corrected chi connectivity index (χ4v) is 2.92. The summed E-state index contributed by atoms with van der Waals surface area (Å²) in [7, 11) is 3.51. The molecule has 1 heterocycles. The highest BCUT2D eigenvalue weighted by Gasteiger charge is 2.18. The van der Waals surface area contributed by atoms with Crippen molar-refractivity contribution in [1.82, 2.24) is 5.32 Å². The van der Waals surface area contributed by atoms with E-state index < -0.39 is 0 Å². The van der Waals surface area contributed by atoms with Crippen molar-refractivity contribution in [2.45, 2.75) is 13.0 Å². The van der Waals surface area contributed by atoms with Gasteiger partial charge in [0, 0.05) is 0 Å². The van der Waals surface area contributed by atoms with Gasteiger partial charge >= 0.3 is 0 Å². The number of hydrogen-bond donors (Lipinski definition) is 1. The number of halogens is 1. The molecule has 1 unspecified atom stereocenters. The zero-order chi connectivity index (χ0) is 13.1. The third kappa shape index (κ3) is 2.40. The quantitative estimate of drug-likeness (QED) is 0.913. The Bertz CT molecular complexity index is 538. The number of ether oxygens (including phenoxy) is 1. The monoisotopic (exact) mass is 265 g/mol. The van der Waals surface area contributed by atoms with Crippen molar-refractivity contribution in [2.24, 2.45) is 0 Å². The van der Waals surface area contributed by atoms with Crippen LogP contribution in [-0.2, 0) is 0 Å².